The van der Waals surface area contributed by atoms with Gasteiger partial charge >= 0.3 is 0 Å². The average Bonchev–Trinajstić information content (AvgIpc) is 2.59. The summed E-state index contributed by atoms with van der Waals surface area (Å²) < 4.78 is 5.71. The van der Waals surface area contributed by atoms with Gasteiger partial charge in [0.05, 0.1) is 12.6 Å². The fraction of sp³-hybridized carbons (Fsp3) is 0.778. The lowest BCUT2D eigenvalue weighted by molar-refractivity contribution is -0.180. The highest BCUT2D eigenvalue weighted by Crippen LogP contribution is 2.50. The Balaban J connectivity index is 0.00000338. The van der Waals surface area contributed by atoms with E-state index in [2.05, 4.69) is 16.8 Å². The fourth-order valence-corrected chi connectivity index (χ4v) is 3.63. The zero-order valence-corrected chi connectivity index (χ0v) is 18.2. The van der Waals surface area contributed by atoms with Crippen LogP contribution in [0.2, 0.25) is 0 Å². The molecule has 0 spiro atoms. The third-order valence-corrected chi connectivity index (χ3v) is 5.68. The Kier molecular flexibility index (Phi) is 10.3. The lowest BCUT2D eigenvalue weighted by Gasteiger charge is -2.59. The van der Waals surface area contributed by atoms with Crippen LogP contribution in [0.4, 0.5) is 0 Å². The van der Waals surface area contributed by atoms with Crippen LogP contribution in [0, 0.1) is 5.41 Å². The van der Waals surface area contributed by atoms with Crippen molar-refractivity contribution in [2.24, 2.45) is 11.1 Å². The van der Waals surface area contributed by atoms with E-state index in [1.807, 2.05) is 25.7 Å². The van der Waals surface area contributed by atoms with Crippen molar-refractivity contribution in [2.75, 3.05) is 45.9 Å². The van der Waals surface area contributed by atoms with Gasteiger partial charge in [-0.05, 0) is 6.92 Å². The number of nitrogens with zero attached hydrogens (tertiary/aromatic N) is 2. The van der Waals surface area contributed by atoms with Gasteiger partial charge in [-0.1, -0.05) is 19.9 Å². The predicted octanol–water partition coefficient (Wildman–Crippen LogP) is 0.809. The van der Waals surface area contributed by atoms with E-state index in [0.29, 0.717) is 52.3 Å². The largest absolute Gasteiger partial charge is 0.378 e. The molecule has 0 aromatic rings. The third-order valence-electron chi connectivity index (χ3n) is 5.68. The summed E-state index contributed by atoms with van der Waals surface area (Å²) in [5.74, 6) is -0.0149. The molecule has 1 aliphatic heterocycles. The van der Waals surface area contributed by atoms with E-state index in [0.717, 1.165) is 0 Å². The standard InChI is InChI=1S/C18H32N4O3.2ClH/c1-5-7-20-15(23)13-21-8-10-22(11-9-21)16(24)18(19)12-14(25-6-2)17(18,3)4;;/h5,14H,1,6-13,19H2,2-4H3,(H,20,23);2*1H. The van der Waals surface area contributed by atoms with E-state index in [1.54, 1.807) is 6.08 Å². The quantitative estimate of drug-likeness (QED) is 0.590. The fourth-order valence-electron chi connectivity index (χ4n) is 3.63. The molecule has 0 aromatic carbocycles. The number of carbonyl (C=O) groups is 2. The van der Waals surface area contributed by atoms with Gasteiger partial charge in [0.25, 0.3) is 0 Å². The van der Waals surface area contributed by atoms with E-state index in [4.69, 9.17) is 10.5 Å². The molecule has 9 heteroatoms. The normalized spacial score (nSPS) is 26.8. The van der Waals surface area contributed by atoms with Crippen molar-refractivity contribution in [3.05, 3.63) is 12.7 Å². The van der Waals surface area contributed by atoms with Crippen LogP contribution in [0.15, 0.2) is 12.7 Å². The zero-order valence-electron chi connectivity index (χ0n) is 16.5. The van der Waals surface area contributed by atoms with Crippen LogP contribution in [0.3, 0.4) is 0 Å². The number of ether oxygens (including phenoxy) is 1. The van der Waals surface area contributed by atoms with Crippen molar-refractivity contribution in [1.29, 1.82) is 0 Å². The van der Waals surface area contributed by atoms with E-state index >= 15 is 0 Å². The van der Waals surface area contributed by atoms with Gasteiger partial charge in [-0.3, -0.25) is 14.5 Å². The molecular weight excluding hydrogens is 391 g/mol. The molecule has 1 saturated heterocycles. The van der Waals surface area contributed by atoms with Crippen LogP contribution >= 0.6 is 24.8 Å². The Morgan fingerprint density at radius 3 is 2.33 bits per heavy atom. The minimum Gasteiger partial charge on any atom is -0.378 e. The first kappa shape index (κ1) is 26.1. The van der Waals surface area contributed by atoms with Crippen LogP contribution in [0.1, 0.15) is 27.2 Å². The second kappa shape index (κ2) is 10.6. The van der Waals surface area contributed by atoms with E-state index < -0.39 is 5.54 Å². The van der Waals surface area contributed by atoms with Gasteiger partial charge in [-0.15, -0.1) is 31.4 Å². The molecule has 158 valence electrons. The van der Waals surface area contributed by atoms with Gasteiger partial charge in [0.1, 0.15) is 5.54 Å². The summed E-state index contributed by atoms with van der Waals surface area (Å²) in [6, 6.07) is 0. The first-order chi connectivity index (χ1) is 11.8. The number of halogens is 2. The van der Waals surface area contributed by atoms with Gasteiger partial charge < -0.3 is 20.7 Å². The number of hydrogen-bond donors (Lipinski definition) is 2. The van der Waals surface area contributed by atoms with Crippen LogP contribution in [-0.2, 0) is 14.3 Å². The first-order valence-corrected chi connectivity index (χ1v) is 9.06. The molecule has 2 aliphatic rings. The van der Waals surface area contributed by atoms with Crippen molar-refractivity contribution in [3.8, 4) is 0 Å². The Morgan fingerprint density at radius 1 is 1.26 bits per heavy atom. The highest BCUT2D eigenvalue weighted by molar-refractivity contribution is 5.89. The summed E-state index contributed by atoms with van der Waals surface area (Å²) in [7, 11) is 0. The van der Waals surface area contributed by atoms with E-state index in [9.17, 15) is 9.59 Å². The Morgan fingerprint density at radius 2 is 1.85 bits per heavy atom. The SMILES string of the molecule is C=CCNC(=O)CN1CCN(C(=O)C2(N)CC(OCC)C2(C)C)CC1.Cl.Cl. The highest BCUT2D eigenvalue weighted by Gasteiger charge is 2.63. The topological polar surface area (TPSA) is 87.9 Å². The second-order valence-electron chi connectivity index (χ2n) is 7.50. The molecule has 0 bridgehead atoms. The summed E-state index contributed by atoms with van der Waals surface area (Å²) in [5, 5.41) is 2.77. The van der Waals surface area contributed by atoms with Crippen LogP contribution < -0.4 is 11.1 Å². The van der Waals surface area contributed by atoms with Crippen LogP contribution in [-0.4, -0.2) is 79.1 Å². The lowest BCUT2D eigenvalue weighted by atomic mass is 9.54. The maximum atomic E-state index is 13.0. The first-order valence-electron chi connectivity index (χ1n) is 9.06. The molecule has 1 heterocycles. The predicted molar refractivity (Wildman–Crippen MR) is 111 cm³/mol. The number of nitrogens with one attached hydrogen (secondary N) is 1. The minimum absolute atomic E-state index is 0. The highest BCUT2D eigenvalue weighted by atomic mass is 35.5. The van der Waals surface area contributed by atoms with Crippen molar-refractivity contribution < 1.29 is 14.3 Å². The third kappa shape index (κ3) is 5.35. The number of piperazine rings is 1. The van der Waals surface area contributed by atoms with Gasteiger partial charge in [0.15, 0.2) is 0 Å². The smallest absolute Gasteiger partial charge is 0.243 e. The summed E-state index contributed by atoms with van der Waals surface area (Å²) in [5.41, 5.74) is 5.25. The minimum atomic E-state index is -0.865. The van der Waals surface area contributed by atoms with Crippen molar-refractivity contribution in [1.82, 2.24) is 15.1 Å². The molecule has 2 fully saturated rings. The number of hydrogen-bond acceptors (Lipinski definition) is 5. The Bertz CT molecular complexity index is 525. The zero-order chi connectivity index (χ0) is 18.7. The van der Waals surface area contributed by atoms with Crippen molar-refractivity contribution >= 4 is 36.6 Å². The summed E-state index contributed by atoms with van der Waals surface area (Å²) in [4.78, 5) is 28.6. The number of carbonyl (C=O) groups excluding carboxylic acids is 2. The lowest BCUT2D eigenvalue weighted by Crippen LogP contribution is -2.76. The molecule has 2 atom stereocenters. The average molecular weight is 425 g/mol. The molecule has 27 heavy (non-hydrogen) atoms. The van der Waals surface area contributed by atoms with Gasteiger partial charge in [-0.25, -0.2) is 0 Å². The summed E-state index contributed by atoms with van der Waals surface area (Å²) >= 11 is 0. The van der Waals surface area contributed by atoms with E-state index in [1.165, 1.54) is 0 Å². The van der Waals surface area contributed by atoms with Gasteiger partial charge in [0, 0.05) is 51.2 Å². The molecule has 1 aliphatic carbocycles. The van der Waals surface area contributed by atoms with E-state index in [-0.39, 0.29) is 48.1 Å². The Hall–Kier alpha value is -0.860. The van der Waals surface area contributed by atoms with Gasteiger partial charge in [0.2, 0.25) is 11.8 Å². The molecule has 0 aromatic heterocycles. The summed E-state index contributed by atoms with van der Waals surface area (Å²) in [6.07, 6.45) is 2.25. The summed E-state index contributed by atoms with van der Waals surface area (Å²) in [6.45, 7) is 13.6. The molecular formula is C18H34Cl2N4O3. The monoisotopic (exact) mass is 424 g/mol. The number of amides is 2. The number of rotatable bonds is 7. The molecule has 2 unspecified atom stereocenters. The Labute approximate surface area is 174 Å². The van der Waals surface area contributed by atoms with Crippen molar-refractivity contribution in [2.45, 2.75) is 38.8 Å². The second-order valence-corrected chi connectivity index (χ2v) is 7.50. The molecule has 2 rings (SSSR count). The molecule has 7 nitrogen and oxygen atoms in total. The number of nitrogens with two attached hydrogens (primary N) is 1. The van der Waals surface area contributed by atoms with Crippen LogP contribution in [0.5, 0.6) is 0 Å². The van der Waals surface area contributed by atoms with Gasteiger partial charge in [-0.2, -0.15) is 0 Å². The maximum Gasteiger partial charge on any atom is 0.243 e. The molecule has 1 saturated carbocycles. The molecule has 0 radical (unpaired) electrons. The van der Waals surface area contributed by atoms with Crippen LogP contribution in [0.25, 0.3) is 0 Å². The van der Waals surface area contributed by atoms with Crippen molar-refractivity contribution in [3.63, 3.8) is 0 Å². The maximum absolute atomic E-state index is 13.0. The molecule has 2 amide bonds. The molecule has 3 N–H and O–H groups in total.